The predicted octanol–water partition coefficient (Wildman–Crippen LogP) is 3.58. The molecule has 2 aliphatic heterocycles. The van der Waals surface area contributed by atoms with E-state index in [0.717, 1.165) is 29.0 Å². The van der Waals surface area contributed by atoms with Crippen LogP contribution in [-0.4, -0.2) is 37.3 Å². The van der Waals surface area contributed by atoms with Gasteiger partial charge in [0.2, 0.25) is 5.91 Å². The van der Waals surface area contributed by atoms with Gasteiger partial charge in [-0.1, -0.05) is 39.0 Å². The van der Waals surface area contributed by atoms with Gasteiger partial charge in [-0.25, -0.2) is 0 Å². The van der Waals surface area contributed by atoms with E-state index in [2.05, 4.69) is 6.07 Å². The maximum atomic E-state index is 13.0. The van der Waals surface area contributed by atoms with Crippen molar-refractivity contribution < 1.29 is 14.3 Å². The van der Waals surface area contributed by atoms with E-state index < -0.39 is 5.41 Å². The Labute approximate surface area is 160 Å². The Kier molecular flexibility index (Phi) is 4.21. The van der Waals surface area contributed by atoms with Crippen LogP contribution < -0.4 is 4.90 Å². The lowest BCUT2D eigenvalue weighted by atomic mass is 9.77. The molecule has 1 unspecified atom stereocenters. The maximum absolute atomic E-state index is 13.0. The molecule has 142 valence electrons. The van der Waals surface area contributed by atoms with Gasteiger partial charge in [-0.3, -0.25) is 14.6 Å². The fourth-order valence-corrected chi connectivity index (χ4v) is 4.31. The highest BCUT2D eigenvalue weighted by Gasteiger charge is 2.42. The van der Waals surface area contributed by atoms with Gasteiger partial charge in [0, 0.05) is 34.8 Å². The molecule has 4 rings (SSSR count). The van der Waals surface area contributed by atoms with Crippen molar-refractivity contribution >= 4 is 28.8 Å². The van der Waals surface area contributed by atoms with E-state index in [1.807, 2.05) is 50.8 Å². The lowest BCUT2D eigenvalue weighted by molar-refractivity contribution is -0.145. The third-order valence-electron chi connectivity index (χ3n) is 5.55. The highest BCUT2D eigenvalue weighted by Crippen LogP contribution is 2.48. The summed E-state index contributed by atoms with van der Waals surface area (Å²) in [6, 6.07) is 6.12. The molecule has 2 heterocycles. The molecule has 1 amide bonds. The van der Waals surface area contributed by atoms with Crippen molar-refractivity contribution in [1.29, 1.82) is 0 Å². The molecule has 0 saturated carbocycles. The summed E-state index contributed by atoms with van der Waals surface area (Å²) in [6.07, 6.45) is 2.83. The van der Waals surface area contributed by atoms with E-state index in [1.165, 1.54) is 5.56 Å². The van der Waals surface area contributed by atoms with Crippen molar-refractivity contribution in [3.05, 3.63) is 35.4 Å². The lowest BCUT2D eigenvalue weighted by Crippen LogP contribution is -2.39. The number of anilines is 1. The van der Waals surface area contributed by atoms with Crippen molar-refractivity contribution in [3.8, 4) is 0 Å². The predicted molar refractivity (Wildman–Crippen MR) is 106 cm³/mol. The topological polar surface area (TPSA) is 59.0 Å². The number of esters is 1. The smallest absolute Gasteiger partial charge is 0.314 e. The molecule has 5 nitrogen and oxygen atoms in total. The van der Waals surface area contributed by atoms with E-state index in [0.29, 0.717) is 19.7 Å². The van der Waals surface area contributed by atoms with Crippen molar-refractivity contribution in [2.45, 2.75) is 40.0 Å². The molecule has 1 aromatic carbocycles. The number of hydrogen-bond acceptors (Lipinski definition) is 4. The van der Waals surface area contributed by atoms with Crippen LogP contribution in [0, 0.1) is 11.3 Å². The van der Waals surface area contributed by atoms with E-state index >= 15 is 0 Å². The summed E-state index contributed by atoms with van der Waals surface area (Å²) in [4.78, 5) is 31.8. The van der Waals surface area contributed by atoms with Crippen molar-refractivity contribution in [3.63, 3.8) is 0 Å². The number of amides is 1. The zero-order valence-electron chi connectivity index (χ0n) is 16.4. The van der Waals surface area contributed by atoms with Gasteiger partial charge < -0.3 is 9.64 Å². The van der Waals surface area contributed by atoms with Crippen LogP contribution in [0.25, 0.3) is 5.57 Å². The summed E-state index contributed by atoms with van der Waals surface area (Å²) < 4.78 is 5.19. The third kappa shape index (κ3) is 2.89. The molecular weight excluding hydrogens is 340 g/mol. The van der Waals surface area contributed by atoms with Gasteiger partial charge in [0.25, 0.3) is 0 Å². The van der Waals surface area contributed by atoms with Crippen LogP contribution in [0.5, 0.6) is 0 Å². The molecule has 0 radical (unpaired) electrons. The Morgan fingerprint density at radius 2 is 2.07 bits per heavy atom. The molecule has 0 saturated heterocycles. The summed E-state index contributed by atoms with van der Waals surface area (Å²) in [6.45, 7) is 9.23. The molecule has 0 aromatic heterocycles. The standard InChI is InChI=1S/C22H26N2O3/c1-5-27-20(25)13-9-16-15-7-6-8-18-19(15)14(10-17(16)23-11-13)12-24(18)21(26)22(2,3)4/h6-9,13-14H,5,10-12H2,1-4H3/t13-,14?/m1/s1. The van der Waals surface area contributed by atoms with Crippen molar-refractivity contribution in [2.75, 3.05) is 24.6 Å². The number of carbonyl (C=O) groups is 2. The number of hydrogen-bond donors (Lipinski definition) is 0. The van der Waals surface area contributed by atoms with Gasteiger partial charge in [0.15, 0.2) is 0 Å². The van der Waals surface area contributed by atoms with Gasteiger partial charge in [0.1, 0.15) is 0 Å². The first-order valence-corrected chi connectivity index (χ1v) is 9.68. The van der Waals surface area contributed by atoms with E-state index in [-0.39, 0.29) is 23.7 Å². The Balaban J connectivity index is 1.76. The quantitative estimate of drug-likeness (QED) is 0.752. The first-order valence-electron chi connectivity index (χ1n) is 9.68. The van der Waals surface area contributed by atoms with Crippen LogP contribution in [0.1, 0.15) is 51.2 Å². The molecule has 1 aliphatic carbocycles. The number of aliphatic imine (C=N–C) groups is 1. The van der Waals surface area contributed by atoms with Gasteiger partial charge >= 0.3 is 5.97 Å². The number of carbonyl (C=O) groups excluding carboxylic acids is 2. The Morgan fingerprint density at radius 1 is 1.30 bits per heavy atom. The number of fused-ring (bicyclic) bond motifs is 2. The SMILES string of the molecule is CCOC(=O)[C@@H]1C=C2C(=NC1)CC1CN(C(=O)C(C)(C)C)c3cccc2c31. The number of nitrogens with zero attached hydrogens (tertiary/aromatic N) is 2. The molecule has 1 aromatic rings. The monoisotopic (exact) mass is 366 g/mol. The second-order valence-electron chi connectivity index (χ2n) is 8.53. The average molecular weight is 366 g/mol. The number of rotatable bonds is 2. The molecule has 2 atom stereocenters. The summed E-state index contributed by atoms with van der Waals surface area (Å²) in [5.41, 5.74) is 5.02. The molecule has 0 fully saturated rings. The van der Waals surface area contributed by atoms with Crippen molar-refractivity contribution in [2.24, 2.45) is 16.3 Å². The fourth-order valence-electron chi connectivity index (χ4n) is 4.31. The minimum absolute atomic E-state index is 0.147. The lowest BCUT2D eigenvalue weighted by Gasteiger charge is -2.28. The molecule has 0 spiro atoms. The highest BCUT2D eigenvalue weighted by atomic mass is 16.5. The molecule has 5 heteroatoms. The van der Waals surface area contributed by atoms with Gasteiger partial charge in [0.05, 0.1) is 19.1 Å². The number of ether oxygens (including phenoxy) is 1. The van der Waals surface area contributed by atoms with Crippen LogP contribution in [0.4, 0.5) is 5.69 Å². The van der Waals surface area contributed by atoms with E-state index in [9.17, 15) is 9.59 Å². The summed E-state index contributed by atoms with van der Waals surface area (Å²) in [5.74, 6) is -0.122. The zero-order valence-corrected chi connectivity index (χ0v) is 16.4. The third-order valence-corrected chi connectivity index (χ3v) is 5.55. The minimum Gasteiger partial charge on any atom is -0.465 e. The Hall–Kier alpha value is -2.43. The molecule has 0 bridgehead atoms. The van der Waals surface area contributed by atoms with Crippen LogP contribution in [0.15, 0.2) is 29.3 Å². The summed E-state index contributed by atoms with van der Waals surface area (Å²) in [5, 5.41) is 0. The average Bonchev–Trinajstić information content (AvgIpc) is 3.00. The molecule has 27 heavy (non-hydrogen) atoms. The fraction of sp³-hybridized carbons (Fsp3) is 0.500. The van der Waals surface area contributed by atoms with Gasteiger partial charge in [-0.05, 0) is 30.5 Å². The van der Waals surface area contributed by atoms with E-state index in [1.54, 1.807) is 0 Å². The Bertz CT molecular complexity index is 876. The van der Waals surface area contributed by atoms with Gasteiger partial charge in [-0.15, -0.1) is 0 Å². The van der Waals surface area contributed by atoms with Crippen LogP contribution in [0.2, 0.25) is 0 Å². The zero-order chi connectivity index (χ0) is 19.3. The summed E-state index contributed by atoms with van der Waals surface area (Å²) in [7, 11) is 0. The number of benzene rings is 1. The first-order chi connectivity index (χ1) is 12.8. The van der Waals surface area contributed by atoms with E-state index in [4.69, 9.17) is 9.73 Å². The normalized spacial score (nSPS) is 23.2. The highest BCUT2D eigenvalue weighted by molar-refractivity contribution is 6.27. The molecule has 0 N–H and O–H groups in total. The number of dihydropyridines is 1. The van der Waals surface area contributed by atoms with Crippen molar-refractivity contribution in [1.82, 2.24) is 0 Å². The van der Waals surface area contributed by atoms with Crippen LogP contribution in [-0.2, 0) is 14.3 Å². The Morgan fingerprint density at radius 3 is 2.78 bits per heavy atom. The van der Waals surface area contributed by atoms with Crippen LogP contribution >= 0.6 is 0 Å². The van der Waals surface area contributed by atoms with Gasteiger partial charge in [-0.2, -0.15) is 0 Å². The van der Waals surface area contributed by atoms with Crippen LogP contribution in [0.3, 0.4) is 0 Å². The largest absolute Gasteiger partial charge is 0.465 e. The summed E-state index contributed by atoms with van der Waals surface area (Å²) >= 11 is 0. The molecule has 3 aliphatic rings. The molecular formula is C22H26N2O3. The second-order valence-corrected chi connectivity index (χ2v) is 8.53. The maximum Gasteiger partial charge on any atom is 0.314 e. The number of allylic oxidation sites excluding steroid dienone is 1. The second kappa shape index (κ2) is 6.32. The first kappa shape index (κ1) is 18.0. The minimum atomic E-state index is -0.422.